The first-order valence-electron chi connectivity index (χ1n) is 9.00. The Balaban J connectivity index is 0.00000208. The number of fused-ring (bicyclic) bond motifs is 1. The zero-order valence-electron chi connectivity index (χ0n) is 14.8. The molecular weight excluding hydrogens is 433 g/mol. The van der Waals surface area contributed by atoms with Crippen LogP contribution in [0.25, 0.3) is 0 Å². The van der Waals surface area contributed by atoms with E-state index in [1.165, 1.54) is 30.8 Å². The predicted octanol–water partition coefficient (Wildman–Crippen LogP) is 3.13. The minimum Gasteiger partial charge on any atom is -0.357 e. The first-order chi connectivity index (χ1) is 11.3. The highest BCUT2D eigenvalue weighted by Crippen LogP contribution is 2.21. The van der Waals surface area contributed by atoms with E-state index in [0.29, 0.717) is 6.54 Å². The summed E-state index contributed by atoms with van der Waals surface area (Å²) in [5, 5.41) is 4.19. The second-order valence-electron chi connectivity index (χ2n) is 6.32. The summed E-state index contributed by atoms with van der Waals surface area (Å²) in [6.45, 7) is 9.33. The molecule has 0 amide bonds. The molecule has 0 aromatic carbocycles. The number of thioether (sulfide) groups is 1. The number of hydrogen-bond donors (Lipinski definition) is 1. The minimum absolute atomic E-state index is 0. The minimum atomic E-state index is 0. The van der Waals surface area contributed by atoms with Gasteiger partial charge in [0.1, 0.15) is 5.82 Å². The number of aromatic nitrogens is 2. The van der Waals surface area contributed by atoms with Crippen molar-refractivity contribution in [3.05, 3.63) is 17.7 Å². The smallest absolute Gasteiger partial charge is 0.194 e. The number of aliphatic imine (C=N–C) groups is 1. The molecule has 24 heavy (non-hydrogen) atoms. The molecule has 7 heteroatoms. The van der Waals surface area contributed by atoms with Gasteiger partial charge < -0.3 is 14.8 Å². The summed E-state index contributed by atoms with van der Waals surface area (Å²) < 4.78 is 2.31. The summed E-state index contributed by atoms with van der Waals surface area (Å²) in [6.07, 6.45) is 7.09. The Morgan fingerprint density at radius 1 is 1.38 bits per heavy atom. The average molecular weight is 463 g/mol. The van der Waals surface area contributed by atoms with Crippen molar-refractivity contribution in [2.24, 2.45) is 4.99 Å². The normalized spacial score (nSPS) is 21.2. The predicted molar refractivity (Wildman–Crippen MR) is 114 cm³/mol. The molecule has 1 N–H and O–H groups in total. The molecule has 1 unspecified atom stereocenters. The molecule has 5 nitrogen and oxygen atoms in total. The van der Waals surface area contributed by atoms with Crippen molar-refractivity contribution in [1.82, 2.24) is 19.8 Å². The summed E-state index contributed by atoms with van der Waals surface area (Å²) >= 11 is 2.09. The highest BCUT2D eigenvalue weighted by Gasteiger charge is 2.21. The van der Waals surface area contributed by atoms with Gasteiger partial charge in [0, 0.05) is 49.8 Å². The number of hydrogen-bond acceptors (Lipinski definition) is 3. The molecule has 0 spiro atoms. The fourth-order valence-corrected chi connectivity index (χ4v) is 4.47. The van der Waals surface area contributed by atoms with Crippen LogP contribution < -0.4 is 5.32 Å². The SMILES string of the molecule is CCNC(=NCc1cn2c(n1)CCCC2)N1CCSC(CC)C1.I. The monoisotopic (exact) mass is 463 g/mol. The molecule has 136 valence electrons. The topological polar surface area (TPSA) is 45.5 Å². The number of aryl methyl sites for hydroxylation is 2. The van der Waals surface area contributed by atoms with Crippen LogP contribution in [0.15, 0.2) is 11.2 Å². The maximum Gasteiger partial charge on any atom is 0.194 e. The van der Waals surface area contributed by atoms with Gasteiger partial charge in [-0.15, -0.1) is 24.0 Å². The summed E-state index contributed by atoms with van der Waals surface area (Å²) in [5.41, 5.74) is 1.11. The molecule has 1 aromatic heterocycles. The Morgan fingerprint density at radius 2 is 2.25 bits per heavy atom. The Bertz CT molecular complexity index is 522. The third-order valence-electron chi connectivity index (χ3n) is 4.58. The fourth-order valence-electron chi connectivity index (χ4n) is 3.29. The molecule has 2 aliphatic heterocycles. The summed E-state index contributed by atoms with van der Waals surface area (Å²) in [7, 11) is 0. The van der Waals surface area contributed by atoms with Crippen LogP contribution in [0.3, 0.4) is 0 Å². The third kappa shape index (κ3) is 5.03. The standard InChI is InChI=1S/C17H29N5S.HI/c1-3-15-13-22(9-10-23-15)17(18-4-2)19-11-14-12-21-8-6-5-7-16(21)20-14;/h12,15H,3-11,13H2,1-2H3,(H,18,19);1H. The molecule has 0 aliphatic carbocycles. The zero-order chi connectivity index (χ0) is 16.1. The number of guanidine groups is 1. The van der Waals surface area contributed by atoms with Crippen molar-refractivity contribution in [3.8, 4) is 0 Å². The van der Waals surface area contributed by atoms with Crippen LogP contribution in [-0.4, -0.2) is 51.0 Å². The van der Waals surface area contributed by atoms with E-state index in [-0.39, 0.29) is 24.0 Å². The van der Waals surface area contributed by atoms with Crippen molar-refractivity contribution in [2.45, 2.75) is 57.9 Å². The van der Waals surface area contributed by atoms with Crippen LogP contribution in [0.1, 0.15) is 44.6 Å². The Morgan fingerprint density at radius 3 is 3.00 bits per heavy atom. The van der Waals surface area contributed by atoms with Crippen LogP contribution in [-0.2, 0) is 19.5 Å². The number of nitrogens with zero attached hydrogens (tertiary/aromatic N) is 4. The molecule has 1 aromatic rings. The van der Waals surface area contributed by atoms with Crippen LogP contribution in [0, 0.1) is 0 Å². The molecule has 1 saturated heterocycles. The zero-order valence-corrected chi connectivity index (χ0v) is 18.0. The molecule has 2 aliphatic rings. The van der Waals surface area contributed by atoms with Gasteiger partial charge in [0.05, 0.1) is 12.2 Å². The van der Waals surface area contributed by atoms with E-state index in [2.05, 4.69) is 46.6 Å². The molecule has 0 radical (unpaired) electrons. The van der Waals surface area contributed by atoms with E-state index < -0.39 is 0 Å². The van der Waals surface area contributed by atoms with Crippen molar-refractivity contribution in [2.75, 3.05) is 25.4 Å². The summed E-state index contributed by atoms with van der Waals surface area (Å²) in [6, 6.07) is 0. The highest BCUT2D eigenvalue weighted by molar-refractivity contribution is 14.0. The Labute approximate surface area is 167 Å². The molecule has 0 saturated carbocycles. The third-order valence-corrected chi connectivity index (χ3v) is 5.95. The molecule has 1 atom stereocenters. The average Bonchev–Trinajstić information content (AvgIpc) is 3.01. The van der Waals surface area contributed by atoms with Gasteiger partial charge in [-0.1, -0.05) is 6.92 Å². The highest BCUT2D eigenvalue weighted by atomic mass is 127. The maximum absolute atomic E-state index is 4.87. The van der Waals surface area contributed by atoms with Crippen LogP contribution in [0.4, 0.5) is 0 Å². The number of rotatable bonds is 4. The van der Waals surface area contributed by atoms with Crippen molar-refractivity contribution in [1.29, 1.82) is 0 Å². The van der Waals surface area contributed by atoms with Gasteiger partial charge in [0.2, 0.25) is 0 Å². The van der Waals surface area contributed by atoms with Crippen molar-refractivity contribution < 1.29 is 0 Å². The van der Waals surface area contributed by atoms with Gasteiger partial charge in [-0.05, 0) is 26.2 Å². The molecule has 3 rings (SSSR count). The second-order valence-corrected chi connectivity index (χ2v) is 7.72. The number of imidazole rings is 1. The van der Waals surface area contributed by atoms with E-state index >= 15 is 0 Å². The lowest BCUT2D eigenvalue weighted by Gasteiger charge is -2.34. The quantitative estimate of drug-likeness (QED) is 0.424. The maximum atomic E-state index is 4.87. The van der Waals surface area contributed by atoms with Gasteiger partial charge >= 0.3 is 0 Å². The molecule has 3 heterocycles. The Kier molecular flexibility index (Phi) is 8.19. The number of nitrogens with one attached hydrogen (secondary N) is 1. The van der Waals surface area contributed by atoms with E-state index in [9.17, 15) is 0 Å². The fraction of sp³-hybridized carbons (Fsp3) is 0.765. The lowest BCUT2D eigenvalue weighted by atomic mass is 10.2. The van der Waals surface area contributed by atoms with E-state index in [1.54, 1.807) is 0 Å². The molecule has 0 bridgehead atoms. The first kappa shape index (κ1) is 19.9. The molecule has 1 fully saturated rings. The van der Waals surface area contributed by atoms with E-state index in [4.69, 9.17) is 9.98 Å². The lowest BCUT2D eigenvalue weighted by molar-refractivity contribution is 0.408. The van der Waals surface area contributed by atoms with Gasteiger partial charge in [0.15, 0.2) is 5.96 Å². The van der Waals surface area contributed by atoms with Crippen LogP contribution in [0.5, 0.6) is 0 Å². The van der Waals surface area contributed by atoms with Gasteiger partial charge in [-0.3, -0.25) is 0 Å². The van der Waals surface area contributed by atoms with Gasteiger partial charge in [0.25, 0.3) is 0 Å². The largest absolute Gasteiger partial charge is 0.357 e. The first-order valence-corrected chi connectivity index (χ1v) is 10.0. The lowest BCUT2D eigenvalue weighted by Crippen LogP contribution is -2.48. The van der Waals surface area contributed by atoms with E-state index in [0.717, 1.165) is 49.5 Å². The molecular formula is C17H30IN5S. The van der Waals surface area contributed by atoms with Crippen molar-refractivity contribution >= 4 is 41.7 Å². The van der Waals surface area contributed by atoms with Gasteiger partial charge in [-0.2, -0.15) is 11.8 Å². The Hall–Kier alpha value is -0.440. The second kappa shape index (κ2) is 9.89. The van der Waals surface area contributed by atoms with E-state index in [1.807, 2.05) is 0 Å². The van der Waals surface area contributed by atoms with Crippen LogP contribution >= 0.6 is 35.7 Å². The summed E-state index contributed by atoms with van der Waals surface area (Å²) in [5.74, 6) is 3.49. The van der Waals surface area contributed by atoms with Crippen LogP contribution in [0.2, 0.25) is 0 Å². The van der Waals surface area contributed by atoms with Gasteiger partial charge in [-0.25, -0.2) is 9.98 Å². The summed E-state index contributed by atoms with van der Waals surface area (Å²) in [4.78, 5) is 12.1. The van der Waals surface area contributed by atoms with Crippen molar-refractivity contribution in [3.63, 3.8) is 0 Å². The number of halogens is 1.